The molecule has 1 amide bonds. The van der Waals surface area contributed by atoms with Crippen molar-refractivity contribution in [3.05, 3.63) is 11.6 Å². The number of amides is 1. The molecule has 154 valence electrons. The van der Waals surface area contributed by atoms with E-state index in [9.17, 15) is 4.79 Å². The molecule has 3 unspecified atom stereocenters. The fraction of sp³-hybridized carbons (Fsp3) is 0.850. The molecule has 1 aliphatic carbocycles. The number of hydrogen-bond donors (Lipinski definition) is 2. The van der Waals surface area contributed by atoms with E-state index >= 15 is 0 Å². The molecule has 2 aliphatic heterocycles. The molecule has 0 aromatic heterocycles. The largest absolute Gasteiger partial charge is 0.443 e. The number of ether oxygens (including phenoxy) is 4. The van der Waals surface area contributed by atoms with Crippen molar-refractivity contribution in [2.45, 2.75) is 76.0 Å². The van der Waals surface area contributed by atoms with Gasteiger partial charge in [-0.2, -0.15) is 0 Å². The van der Waals surface area contributed by atoms with Crippen LogP contribution >= 0.6 is 0 Å². The van der Waals surface area contributed by atoms with Crippen molar-refractivity contribution < 1.29 is 23.7 Å². The number of carbonyl (C=O) groups excluding carboxylic acids is 1. The maximum atomic E-state index is 12.1. The fourth-order valence-electron chi connectivity index (χ4n) is 4.54. The summed E-state index contributed by atoms with van der Waals surface area (Å²) in [6.07, 6.45) is 4.58. The number of hydrogen-bond acceptors (Lipinski definition) is 6. The molecule has 0 radical (unpaired) electrons. The van der Waals surface area contributed by atoms with E-state index in [0.29, 0.717) is 13.1 Å². The molecule has 6 atom stereocenters. The van der Waals surface area contributed by atoms with E-state index in [4.69, 9.17) is 24.7 Å². The summed E-state index contributed by atoms with van der Waals surface area (Å²) in [6, 6.07) is 0. The Labute approximate surface area is 161 Å². The van der Waals surface area contributed by atoms with E-state index in [1.807, 2.05) is 0 Å². The molecule has 0 aromatic rings. The Kier molecular flexibility index (Phi) is 6.15. The first kappa shape index (κ1) is 20.6. The zero-order chi connectivity index (χ0) is 19.7. The molecule has 3 fully saturated rings. The van der Waals surface area contributed by atoms with Gasteiger partial charge in [0.1, 0.15) is 23.4 Å². The molecule has 3 aliphatic rings. The standard InChI is InChI=1S/C20H34N2O5/c1-13(2)6-7-15-19(3,27-15)17-16(24-4)14(8-9-20(17)12-25-20)26-18(23)22-11-5-10-21/h6,14-17H,5,7-12,21H2,1-4H3,(H,22,23)/t14?,15-,16?,17?,19-,20+/m1/s1. The second-order valence-corrected chi connectivity index (χ2v) is 8.39. The van der Waals surface area contributed by atoms with Crippen LogP contribution in [0.15, 0.2) is 11.6 Å². The minimum atomic E-state index is -0.412. The van der Waals surface area contributed by atoms with Crippen LogP contribution in [0.5, 0.6) is 0 Å². The summed E-state index contributed by atoms with van der Waals surface area (Å²) < 4.78 is 23.6. The van der Waals surface area contributed by atoms with E-state index < -0.39 is 6.09 Å². The summed E-state index contributed by atoms with van der Waals surface area (Å²) in [6.45, 7) is 8.10. The molecule has 3 rings (SSSR count). The molecule has 1 saturated carbocycles. The van der Waals surface area contributed by atoms with E-state index in [1.165, 1.54) is 5.57 Å². The monoisotopic (exact) mass is 382 g/mol. The summed E-state index contributed by atoms with van der Waals surface area (Å²) in [5.41, 5.74) is 6.23. The van der Waals surface area contributed by atoms with E-state index in [-0.39, 0.29) is 35.4 Å². The topological polar surface area (TPSA) is 98.6 Å². The number of epoxide rings is 2. The summed E-state index contributed by atoms with van der Waals surface area (Å²) in [5.74, 6) is 0.0427. The van der Waals surface area contributed by atoms with Gasteiger partial charge < -0.3 is 30.0 Å². The van der Waals surface area contributed by atoms with Gasteiger partial charge in [-0.05, 0) is 53.0 Å². The smallest absolute Gasteiger partial charge is 0.407 e. The van der Waals surface area contributed by atoms with Crippen LogP contribution in [0, 0.1) is 5.92 Å². The Morgan fingerprint density at radius 3 is 2.74 bits per heavy atom. The number of rotatable bonds is 8. The zero-order valence-electron chi connectivity index (χ0n) is 17.0. The van der Waals surface area contributed by atoms with Crippen molar-refractivity contribution in [3.8, 4) is 0 Å². The second-order valence-electron chi connectivity index (χ2n) is 8.39. The summed E-state index contributed by atoms with van der Waals surface area (Å²) in [5, 5.41) is 2.76. The first-order valence-corrected chi connectivity index (χ1v) is 9.99. The highest BCUT2D eigenvalue weighted by atomic mass is 16.6. The lowest BCUT2D eigenvalue weighted by molar-refractivity contribution is -0.118. The quantitative estimate of drug-likeness (QED) is 0.379. The molecular formula is C20H34N2O5. The predicted molar refractivity (Wildman–Crippen MR) is 101 cm³/mol. The molecule has 2 saturated heterocycles. The van der Waals surface area contributed by atoms with Crippen LogP contribution in [0.4, 0.5) is 4.79 Å². The molecule has 0 aromatic carbocycles. The second kappa shape index (κ2) is 8.07. The number of alkyl carbamates (subject to hydrolysis) is 1. The van der Waals surface area contributed by atoms with Crippen LogP contribution < -0.4 is 11.1 Å². The number of carbonyl (C=O) groups is 1. The molecule has 0 bridgehead atoms. The molecule has 7 nitrogen and oxygen atoms in total. The van der Waals surface area contributed by atoms with Gasteiger partial charge in [-0.25, -0.2) is 4.79 Å². The number of nitrogens with one attached hydrogen (secondary N) is 1. The van der Waals surface area contributed by atoms with Gasteiger partial charge in [-0.15, -0.1) is 0 Å². The van der Waals surface area contributed by atoms with Crippen LogP contribution in [0.25, 0.3) is 0 Å². The zero-order valence-corrected chi connectivity index (χ0v) is 17.0. The predicted octanol–water partition coefficient (Wildman–Crippen LogP) is 2.14. The van der Waals surface area contributed by atoms with Crippen LogP contribution in [0.3, 0.4) is 0 Å². The van der Waals surface area contributed by atoms with Crippen LogP contribution in [0.1, 0.15) is 46.5 Å². The Morgan fingerprint density at radius 1 is 1.41 bits per heavy atom. The van der Waals surface area contributed by atoms with Crippen molar-refractivity contribution in [1.82, 2.24) is 5.32 Å². The summed E-state index contributed by atoms with van der Waals surface area (Å²) in [4.78, 5) is 12.1. The molecule has 1 spiro atoms. The van der Waals surface area contributed by atoms with Crippen molar-refractivity contribution in [3.63, 3.8) is 0 Å². The number of nitrogens with two attached hydrogens (primary N) is 1. The third-order valence-corrected chi connectivity index (χ3v) is 6.15. The van der Waals surface area contributed by atoms with Crippen LogP contribution in [-0.2, 0) is 18.9 Å². The summed E-state index contributed by atoms with van der Waals surface area (Å²) in [7, 11) is 1.68. The van der Waals surface area contributed by atoms with Gasteiger partial charge in [0, 0.05) is 13.7 Å². The van der Waals surface area contributed by atoms with Gasteiger partial charge in [0.2, 0.25) is 0 Å². The fourth-order valence-corrected chi connectivity index (χ4v) is 4.54. The van der Waals surface area contributed by atoms with Gasteiger partial charge in [0.05, 0.1) is 18.6 Å². The third-order valence-electron chi connectivity index (χ3n) is 6.15. The van der Waals surface area contributed by atoms with Crippen LogP contribution in [0.2, 0.25) is 0 Å². The molecule has 3 N–H and O–H groups in total. The Balaban J connectivity index is 1.68. The average Bonchev–Trinajstić information content (AvgIpc) is 3.53. The molecular weight excluding hydrogens is 348 g/mol. The highest BCUT2D eigenvalue weighted by molar-refractivity contribution is 5.67. The summed E-state index contributed by atoms with van der Waals surface area (Å²) >= 11 is 0. The maximum absolute atomic E-state index is 12.1. The van der Waals surface area contributed by atoms with Gasteiger partial charge in [-0.1, -0.05) is 11.6 Å². The maximum Gasteiger partial charge on any atom is 0.407 e. The van der Waals surface area contributed by atoms with Gasteiger partial charge in [0.25, 0.3) is 0 Å². The number of allylic oxidation sites excluding steroid dienone is 1. The minimum Gasteiger partial charge on any atom is -0.443 e. The van der Waals surface area contributed by atoms with Crippen LogP contribution in [-0.4, -0.2) is 62.4 Å². The van der Waals surface area contributed by atoms with E-state index in [2.05, 4.69) is 32.2 Å². The van der Waals surface area contributed by atoms with Crippen molar-refractivity contribution in [2.75, 3.05) is 26.8 Å². The Morgan fingerprint density at radius 2 is 2.15 bits per heavy atom. The SMILES string of the molecule is COC1C(OC(=O)NCCCN)CC[C@]2(CO2)C1[C@]1(C)O[C@@H]1CC=C(C)C. The lowest BCUT2D eigenvalue weighted by Gasteiger charge is -2.42. The van der Waals surface area contributed by atoms with Crippen molar-refractivity contribution in [1.29, 1.82) is 0 Å². The van der Waals surface area contributed by atoms with E-state index in [0.717, 1.165) is 32.3 Å². The first-order chi connectivity index (χ1) is 12.9. The normalized spacial score (nSPS) is 39.7. The lowest BCUT2D eigenvalue weighted by atomic mass is 9.68. The van der Waals surface area contributed by atoms with Gasteiger partial charge in [-0.3, -0.25) is 0 Å². The van der Waals surface area contributed by atoms with Crippen molar-refractivity contribution in [2.24, 2.45) is 11.7 Å². The molecule has 27 heavy (non-hydrogen) atoms. The Bertz CT molecular complexity index is 573. The van der Waals surface area contributed by atoms with E-state index in [1.54, 1.807) is 7.11 Å². The lowest BCUT2D eigenvalue weighted by Crippen LogP contribution is -2.56. The Hall–Kier alpha value is -1.15. The molecule has 2 heterocycles. The highest BCUT2D eigenvalue weighted by Crippen LogP contribution is 2.59. The first-order valence-electron chi connectivity index (χ1n) is 9.99. The number of methoxy groups -OCH3 is 1. The van der Waals surface area contributed by atoms with Crippen molar-refractivity contribution >= 4 is 6.09 Å². The van der Waals surface area contributed by atoms with Gasteiger partial charge in [0.15, 0.2) is 0 Å². The minimum absolute atomic E-state index is 0.0427. The third kappa shape index (κ3) is 4.31. The van der Waals surface area contributed by atoms with Gasteiger partial charge >= 0.3 is 6.09 Å². The molecule has 7 heteroatoms. The average molecular weight is 383 g/mol. The highest BCUT2D eigenvalue weighted by Gasteiger charge is 2.72.